The van der Waals surface area contributed by atoms with E-state index in [0.717, 1.165) is 17.1 Å². The van der Waals surface area contributed by atoms with Gasteiger partial charge in [-0.2, -0.15) is 0 Å². The monoisotopic (exact) mass is 313 g/mol. The van der Waals surface area contributed by atoms with Gasteiger partial charge in [-0.3, -0.25) is 9.59 Å². The van der Waals surface area contributed by atoms with Gasteiger partial charge in [0, 0.05) is 29.2 Å². The number of amides is 2. The lowest BCUT2D eigenvalue weighted by Gasteiger charge is -2.14. The number of nitrogens with zero attached hydrogens (tertiary/aromatic N) is 1. The zero-order chi connectivity index (χ0) is 17.0. The molecule has 0 aliphatic carbocycles. The molecule has 0 bridgehead atoms. The van der Waals surface area contributed by atoms with Crippen molar-refractivity contribution >= 4 is 11.8 Å². The van der Waals surface area contributed by atoms with Crippen molar-refractivity contribution in [3.05, 3.63) is 53.3 Å². The van der Waals surface area contributed by atoms with Crippen molar-refractivity contribution in [1.82, 2.24) is 15.2 Å². The standard InChI is InChI=1S/C18H23N3O2/c1-5-19-17(22)14(4)20-18(23)15-8-10-16(11-9-15)21-12(2)6-7-13(21)3/h6-11,14H,5H2,1-4H3,(H,19,22)(H,20,23)/t14-/m1/s1. The van der Waals surface area contributed by atoms with Gasteiger partial charge in [-0.15, -0.1) is 0 Å². The van der Waals surface area contributed by atoms with Gasteiger partial charge in [0.2, 0.25) is 5.91 Å². The average Bonchev–Trinajstić information content (AvgIpc) is 2.86. The number of hydrogen-bond acceptors (Lipinski definition) is 2. The molecule has 0 unspecified atom stereocenters. The molecule has 0 aliphatic heterocycles. The maximum atomic E-state index is 12.2. The van der Waals surface area contributed by atoms with Crippen LogP contribution >= 0.6 is 0 Å². The Hall–Kier alpha value is -2.56. The quantitative estimate of drug-likeness (QED) is 0.890. The van der Waals surface area contributed by atoms with E-state index in [1.54, 1.807) is 19.1 Å². The molecule has 0 saturated carbocycles. The molecule has 2 rings (SSSR count). The van der Waals surface area contributed by atoms with E-state index in [2.05, 4.69) is 27.3 Å². The van der Waals surface area contributed by atoms with Crippen molar-refractivity contribution < 1.29 is 9.59 Å². The van der Waals surface area contributed by atoms with Crippen LogP contribution in [0.2, 0.25) is 0 Å². The Bertz CT molecular complexity index is 682. The Labute approximate surface area is 136 Å². The minimum absolute atomic E-state index is 0.184. The second kappa shape index (κ2) is 7.13. The maximum absolute atomic E-state index is 12.2. The first-order valence-electron chi connectivity index (χ1n) is 7.78. The summed E-state index contributed by atoms with van der Waals surface area (Å²) in [7, 11) is 0. The topological polar surface area (TPSA) is 63.1 Å². The smallest absolute Gasteiger partial charge is 0.251 e. The van der Waals surface area contributed by atoms with Crippen LogP contribution in [0.15, 0.2) is 36.4 Å². The number of hydrogen-bond donors (Lipinski definition) is 2. The van der Waals surface area contributed by atoms with Gasteiger partial charge in [0.1, 0.15) is 6.04 Å². The van der Waals surface area contributed by atoms with Gasteiger partial charge < -0.3 is 15.2 Å². The average molecular weight is 313 g/mol. The highest BCUT2D eigenvalue weighted by Gasteiger charge is 2.15. The fourth-order valence-electron chi connectivity index (χ4n) is 2.51. The summed E-state index contributed by atoms with van der Waals surface area (Å²) in [5, 5.41) is 5.39. The first-order valence-corrected chi connectivity index (χ1v) is 7.78. The molecule has 122 valence electrons. The van der Waals surface area contributed by atoms with Crippen LogP contribution in [0.5, 0.6) is 0 Å². The zero-order valence-electron chi connectivity index (χ0n) is 14.0. The van der Waals surface area contributed by atoms with Crippen LogP contribution in [-0.2, 0) is 4.79 Å². The molecule has 1 aromatic heterocycles. The molecule has 0 radical (unpaired) electrons. The molecule has 0 aliphatic rings. The number of nitrogens with one attached hydrogen (secondary N) is 2. The van der Waals surface area contributed by atoms with Crippen molar-refractivity contribution in [1.29, 1.82) is 0 Å². The predicted molar refractivity (Wildman–Crippen MR) is 90.9 cm³/mol. The first-order chi connectivity index (χ1) is 10.9. The molecule has 1 atom stereocenters. The molecule has 2 N–H and O–H groups in total. The van der Waals surface area contributed by atoms with Crippen molar-refractivity contribution in [2.75, 3.05) is 6.54 Å². The Morgan fingerprint density at radius 3 is 2.13 bits per heavy atom. The van der Waals surface area contributed by atoms with Gasteiger partial charge in [-0.1, -0.05) is 0 Å². The Morgan fingerprint density at radius 1 is 1.04 bits per heavy atom. The van der Waals surface area contributed by atoms with E-state index < -0.39 is 6.04 Å². The molecule has 1 heterocycles. The van der Waals surface area contributed by atoms with Gasteiger partial charge >= 0.3 is 0 Å². The molecule has 5 heteroatoms. The van der Waals surface area contributed by atoms with Crippen molar-refractivity contribution in [3.63, 3.8) is 0 Å². The number of aromatic nitrogens is 1. The van der Waals surface area contributed by atoms with Crippen LogP contribution in [0.3, 0.4) is 0 Å². The van der Waals surface area contributed by atoms with Crippen LogP contribution in [0.4, 0.5) is 0 Å². The fraction of sp³-hybridized carbons (Fsp3) is 0.333. The zero-order valence-corrected chi connectivity index (χ0v) is 14.0. The molecule has 1 aromatic carbocycles. The van der Waals surface area contributed by atoms with Gasteiger partial charge in [0.15, 0.2) is 0 Å². The van der Waals surface area contributed by atoms with Gasteiger partial charge in [-0.25, -0.2) is 0 Å². The predicted octanol–water partition coefficient (Wildman–Crippen LogP) is 2.35. The van der Waals surface area contributed by atoms with Gasteiger partial charge in [0.05, 0.1) is 0 Å². The molecule has 0 fully saturated rings. The van der Waals surface area contributed by atoms with Crippen LogP contribution in [0.25, 0.3) is 5.69 Å². The lowest BCUT2D eigenvalue weighted by atomic mass is 10.1. The lowest BCUT2D eigenvalue weighted by Crippen LogP contribution is -2.44. The number of likely N-dealkylation sites (N-methyl/N-ethyl adjacent to an activating group) is 1. The van der Waals surface area contributed by atoms with E-state index >= 15 is 0 Å². The van der Waals surface area contributed by atoms with E-state index in [1.165, 1.54) is 0 Å². The largest absolute Gasteiger partial charge is 0.355 e. The minimum Gasteiger partial charge on any atom is -0.355 e. The Morgan fingerprint density at radius 2 is 1.61 bits per heavy atom. The lowest BCUT2D eigenvalue weighted by molar-refractivity contribution is -0.122. The number of carbonyl (C=O) groups is 2. The van der Waals surface area contributed by atoms with Crippen molar-refractivity contribution in [2.45, 2.75) is 33.7 Å². The molecule has 2 amide bonds. The van der Waals surface area contributed by atoms with Crippen LogP contribution in [-0.4, -0.2) is 29.0 Å². The number of aryl methyl sites for hydroxylation is 2. The molecule has 0 spiro atoms. The number of benzene rings is 1. The van der Waals surface area contributed by atoms with Gasteiger partial charge in [-0.05, 0) is 64.1 Å². The van der Waals surface area contributed by atoms with E-state index in [-0.39, 0.29) is 11.8 Å². The Balaban J connectivity index is 2.10. The maximum Gasteiger partial charge on any atom is 0.251 e. The number of rotatable bonds is 5. The second-order valence-electron chi connectivity index (χ2n) is 5.59. The fourth-order valence-corrected chi connectivity index (χ4v) is 2.51. The summed E-state index contributed by atoms with van der Waals surface area (Å²) < 4.78 is 2.12. The summed E-state index contributed by atoms with van der Waals surface area (Å²) in [6.07, 6.45) is 0. The SMILES string of the molecule is CCNC(=O)[C@@H](C)NC(=O)c1ccc(-n2c(C)ccc2C)cc1. The third kappa shape index (κ3) is 3.80. The highest BCUT2D eigenvalue weighted by atomic mass is 16.2. The van der Waals surface area contributed by atoms with Crippen LogP contribution in [0, 0.1) is 13.8 Å². The first kappa shape index (κ1) is 16.8. The highest BCUT2D eigenvalue weighted by Crippen LogP contribution is 2.16. The molecule has 5 nitrogen and oxygen atoms in total. The molecular weight excluding hydrogens is 290 g/mol. The van der Waals surface area contributed by atoms with Crippen LogP contribution < -0.4 is 10.6 Å². The summed E-state index contributed by atoms with van der Waals surface area (Å²) in [4.78, 5) is 23.9. The normalized spacial score (nSPS) is 11.8. The minimum atomic E-state index is -0.559. The van der Waals surface area contributed by atoms with E-state index in [1.807, 2.05) is 32.9 Å². The van der Waals surface area contributed by atoms with E-state index in [4.69, 9.17) is 0 Å². The molecule has 2 aromatic rings. The van der Waals surface area contributed by atoms with Gasteiger partial charge in [0.25, 0.3) is 5.91 Å². The highest BCUT2D eigenvalue weighted by molar-refractivity contribution is 5.97. The van der Waals surface area contributed by atoms with E-state index in [9.17, 15) is 9.59 Å². The number of carbonyl (C=O) groups excluding carboxylic acids is 2. The molecule has 0 saturated heterocycles. The summed E-state index contributed by atoms with van der Waals surface area (Å²) in [5.74, 6) is -0.438. The summed E-state index contributed by atoms with van der Waals surface area (Å²) in [6, 6.07) is 10.9. The van der Waals surface area contributed by atoms with Crippen LogP contribution in [0.1, 0.15) is 35.6 Å². The van der Waals surface area contributed by atoms with Crippen molar-refractivity contribution in [3.8, 4) is 5.69 Å². The molecular formula is C18H23N3O2. The van der Waals surface area contributed by atoms with E-state index in [0.29, 0.717) is 12.1 Å². The third-order valence-corrected chi connectivity index (χ3v) is 3.75. The summed E-state index contributed by atoms with van der Waals surface area (Å²) in [5.41, 5.74) is 3.83. The second-order valence-corrected chi connectivity index (χ2v) is 5.59. The summed E-state index contributed by atoms with van der Waals surface area (Å²) in [6.45, 7) is 8.15. The molecule has 23 heavy (non-hydrogen) atoms. The Kier molecular flexibility index (Phi) is 5.21. The van der Waals surface area contributed by atoms with Crippen molar-refractivity contribution in [2.24, 2.45) is 0 Å². The summed E-state index contributed by atoms with van der Waals surface area (Å²) >= 11 is 0. The third-order valence-electron chi connectivity index (χ3n) is 3.75.